The maximum atomic E-state index is 11.8. The molecule has 1 aromatic rings. The topological polar surface area (TPSA) is 83.9 Å². The third-order valence-electron chi connectivity index (χ3n) is 6.68. The first kappa shape index (κ1) is 24.1. The number of hydrogen-bond acceptors (Lipinski definition) is 5. The van der Waals surface area contributed by atoms with E-state index in [2.05, 4.69) is 10.3 Å². The number of anilines is 1. The number of nitrogens with zero attached hydrogens (tertiary/aromatic N) is 2. The van der Waals surface area contributed by atoms with Crippen LogP contribution in [0, 0.1) is 0 Å². The molecule has 31 heavy (non-hydrogen) atoms. The number of nitrogens with one attached hydrogen (secondary N) is 1. The van der Waals surface area contributed by atoms with Crippen LogP contribution in [0.4, 0.5) is 10.6 Å². The molecule has 2 fully saturated rings. The van der Waals surface area contributed by atoms with Crippen molar-refractivity contribution < 1.29 is 19.2 Å². The van der Waals surface area contributed by atoms with Crippen LogP contribution in [0.25, 0.3) is 0 Å². The van der Waals surface area contributed by atoms with E-state index in [0.717, 1.165) is 31.1 Å². The molecule has 9 heteroatoms. The zero-order chi connectivity index (χ0) is 23.2. The van der Waals surface area contributed by atoms with Crippen LogP contribution in [0.2, 0.25) is 5.15 Å². The Morgan fingerprint density at radius 1 is 1.16 bits per heavy atom. The number of amides is 1. The summed E-state index contributed by atoms with van der Waals surface area (Å²) in [5.41, 5.74) is -0.437. The third-order valence-corrected chi connectivity index (χ3v) is 6.88. The summed E-state index contributed by atoms with van der Waals surface area (Å²) in [4.78, 5) is 17.8. The molecule has 7 nitrogen and oxygen atoms in total. The summed E-state index contributed by atoms with van der Waals surface area (Å²) < 4.78 is 12.3. The number of pyridine rings is 1. The molecule has 2 N–H and O–H groups in total. The molecule has 1 amide bonds. The number of aromatic nitrogens is 1. The fourth-order valence-electron chi connectivity index (χ4n) is 4.38. The monoisotopic (exact) mass is 451 g/mol. The highest BCUT2D eigenvalue weighted by Crippen LogP contribution is 2.37. The zero-order valence-corrected chi connectivity index (χ0v) is 20.4. The molecule has 1 aliphatic heterocycles. The van der Waals surface area contributed by atoms with Crippen molar-refractivity contribution in [2.45, 2.75) is 103 Å². The van der Waals surface area contributed by atoms with Crippen LogP contribution in [0.1, 0.15) is 74.1 Å². The van der Waals surface area contributed by atoms with E-state index in [9.17, 15) is 9.90 Å². The van der Waals surface area contributed by atoms with Crippen LogP contribution >= 0.6 is 11.6 Å². The second-order valence-electron chi connectivity index (χ2n) is 10.7. The van der Waals surface area contributed by atoms with Gasteiger partial charge in [0.2, 0.25) is 0 Å². The van der Waals surface area contributed by atoms with Crippen molar-refractivity contribution in [2.75, 3.05) is 5.32 Å². The van der Waals surface area contributed by atoms with Gasteiger partial charge in [-0.2, -0.15) is 0 Å². The molecule has 1 aliphatic carbocycles. The Kier molecular flexibility index (Phi) is 6.58. The van der Waals surface area contributed by atoms with Gasteiger partial charge in [-0.1, -0.05) is 11.6 Å². The van der Waals surface area contributed by atoms with Gasteiger partial charge in [-0.25, -0.2) is 9.78 Å². The van der Waals surface area contributed by atoms with Crippen molar-refractivity contribution in [3.63, 3.8) is 0 Å². The summed E-state index contributed by atoms with van der Waals surface area (Å²) in [6.07, 6.45) is 2.50. The van der Waals surface area contributed by atoms with E-state index in [-0.39, 0.29) is 12.1 Å². The van der Waals surface area contributed by atoms with Crippen molar-refractivity contribution in [1.82, 2.24) is 9.88 Å². The minimum atomic E-state index is -0.854. The van der Waals surface area contributed by atoms with E-state index in [1.807, 2.05) is 54.5 Å². The van der Waals surface area contributed by atoms with Crippen LogP contribution < -0.4 is 10.8 Å². The van der Waals surface area contributed by atoms with E-state index in [1.165, 1.54) is 0 Å². The molecule has 172 valence electrons. The average Bonchev–Trinajstić information content (AvgIpc) is 2.82. The molecule has 0 spiro atoms. The molecule has 0 bridgehead atoms. The SMILES string of the molecule is CC(C)(C)N(C(=O)O)[C@H]1CC[C@H](Nc2cc(B3OC(C)(C)C(C)(C)O3)cc(Cl)n2)CC1. The smallest absolute Gasteiger partial charge is 0.465 e. The van der Waals surface area contributed by atoms with E-state index in [1.54, 1.807) is 11.0 Å². The first-order valence-electron chi connectivity index (χ1n) is 11.0. The summed E-state index contributed by atoms with van der Waals surface area (Å²) in [5.74, 6) is 0.687. The lowest BCUT2D eigenvalue weighted by Crippen LogP contribution is -2.52. The van der Waals surface area contributed by atoms with Crippen molar-refractivity contribution in [3.8, 4) is 0 Å². The van der Waals surface area contributed by atoms with Gasteiger partial charge in [0.25, 0.3) is 0 Å². The highest BCUT2D eigenvalue weighted by molar-refractivity contribution is 6.62. The Labute approximate surface area is 191 Å². The summed E-state index contributed by atoms with van der Waals surface area (Å²) in [5, 5.41) is 13.5. The van der Waals surface area contributed by atoms with E-state index in [0.29, 0.717) is 11.0 Å². The molecular weight excluding hydrogens is 417 g/mol. The Morgan fingerprint density at radius 3 is 2.19 bits per heavy atom. The third kappa shape index (κ3) is 5.29. The van der Waals surface area contributed by atoms with Gasteiger partial charge in [0.05, 0.1) is 11.2 Å². The van der Waals surface area contributed by atoms with Crippen LogP contribution in [0.5, 0.6) is 0 Å². The summed E-state index contributed by atoms with van der Waals surface area (Å²) in [6.45, 7) is 13.9. The average molecular weight is 452 g/mol. The lowest BCUT2D eigenvalue weighted by atomic mass is 9.79. The minimum absolute atomic E-state index is 0.0307. The van der Waals surface area contributed by atoms with Gasteiger partial charge in [-0.15, -0.1) is 0 Å². The lowest BCUT2D eigenvalue weighted by molar-refractivity contribution is 0.00578. The van der Waals surface area contributed by atoms with Crippen molar-refractivity contribution in [2.24, 2.45) is 0 Å². The van der Waals surface area contributed by atoms with Gasteiger partial charge in [-0.3, -0.25) is 0 Å². The molecule has 0 aromatic carbocycles. The number of hydrogen-bond donors (Lipinski definition) is 2. The summed E-state index contributed by atoms with van der Waals surface area (Å²) in [6, 6.07) is 3.95. The minimum Gasteiger partial charge on any atom is -0.465 e. The second kappa shape index (κ2) is 8.45. The van der Waals surface area contributed by atoms with Crippen molar-refractivity contribution >= 4 is 36.1 Å². The maximum Gasteiger partial charge on any atom is 0.495 e. The molecule has 0 radical (unpaired) electrons. The molecule has 0 unspecified atom stereocenters. The van der Waals surface area contributed by atoms with Crippen LogP contribution in [-0.4, -0.2) is 57.0 Å². The predicted molar refractivity (Wildman–Crippen MR) is 124 cm³/mol. The highest BCUT2D eigenvalue weighted by atomic mass is 35.5. The zero-order valence-electron chi connectivity index (χ0n) is 19.7. The Bertz CT molecular complexity index is 803. The number of halogens is 1. The van der Waals surface area contributed by atoms with Gasteiger partial charge in [0, 0.05) is 17.6 Å². The Hall–Kier alpha value is -1.51. The fraction of sp³-hybridized carbons (Fsp3) is 0.727. The molecule has 1 saturated heterocycles. The van der Waals surface area contributed by atoms with Crippen LogP contribution in [0.3, 0.4) is 0 Å². The molecule has 2 aliphatic rings. The van der Waals surface area contributed by atoms with Crippen LogP contribution in [-0.2, 0) is 9.31 Å². The van der Waals surface area contributed by atoms with Crippen LogP contribution in [0.15, 0.2) is 12.1 Å². The molecule has 1 saturated carbocycles. The molecular formula is C22H35BClN3O4. The first-order chi connectivity index (χ1) is 14.2. The predicted octanol–water partition coefficient (Wildman–Crippen LogP) is 4.54. The summed E-state index contributed by atoms with van der Waals surface area (Å²) >= 11 is 6.30. The normalized spacial score (nSPS) is 25.4. The Balaban J connectivity index is 1.66. The number of carboxylic acid groups (broad SMARTS) is 1. The quantitative estimate of drug-likeness (QED) is 0.516. The molecule has 2 heterocycles. The second-order valence-corrected chi connectivity index (χ2v) is 11.1. The fourth-order valence-corrected chi connectivity index (χ4v) is 4.60. The van der Waals surface area contributed by atoms with E-state index < -0.39 is 30.0 Å². The number of carbonyl (C=O) groups is 1. The largest absolute Gasteiger partial charge is 0.495 e. The van der Waals surface area contributed by atoms with Gasteiger partial charge >= 0.3 is 13.2 Å². The number of rotatable bonds is 4. The Morgan fingerprint density at radius 2 is 1.71 bits per heavy atom. The van der Waals surface area contributed by atoms with Gasteiger partial charge in [0.15, 0.2) is 0 Å². The molecule has 1 aromatic heterocycles. The van der Waals surface area contributed by atoms with E-state index >= 15 is 0 Å². The first-order valence-corrected chi connectivity index (χ1v) is 11.4. The standard InChI is InChI=1S/C22H35BClN3O4/c1-20(2,3)27(19(28)29)16-10-8-15(9-11-16)25-18-13-14(12-17(24)26-18)23-30-21(4,5)22(6,7)31-23/h12-13,15-16H,8-11H2,1-7H3,(H,25,26)(H,28,29)/t15-,16-. The van der Waals surface area contributed by atoms with Crippen molar-refractivity contribution in [3.05, 3.63) is 17.3 Å². The highest BCUT2D eigenvalue weighted by Gasteiger charge is 2.51. The molecule has 0 atom stereocenters. The van der Waals surface area contributed by atoms with Gasteiger partial charge in [-0.05, 0) is 91.7 Å². The van der Waals surface area contributed by atoms with E-state index in [4.69, 9.17) is 20.9 Å². The summed E-state index contributed by atoms with van der Waals surface area (Å²) in [7, 11) is -0.502. The molecule has 3 rings (SSSR count). The maximum absolute atomic E-state index is 11.8. The lowest BCUT2D eigenvalue weighted by Gasteiger charge is -2.42. The van der Waals surface area contributed by atoms with Gasteiger partial charge in [0.1, 0.15) is 11.0 Å². The van der Waals surface area contributed by atoms with Gasteiger partial charge < -0.3 is 24.6 Å². The van der Waals surface area contributed by atoms with Crippen molar-refractivity contribution in [1.29, 1.82) is 0 Å².